The molecule has 0 atom stereocenters. The molecule has 270 valence electrons. The maximum Gasteiger partial charge on any atom is 0.164 e. The molecule has 0 bridgehead atoms. The second kappa shape index (κ2) is 12.8. The van der Waals surface area contributed by atoms with Gasteiger partial charge < -0.3 is 8.98 Å². The first-order valence-electron chi connectivity index (χ1n) is 19.5. The Morgan fingerprint density at radius 3 is 1.84 bits per heavy atom. The molecule has 0 aliphatic rings. The van der Waals surface area contributed by atoms with E-state index in [-0.39, 0.29) is 0 Å². The first-order valence-corrected chi connectivity index (χ1v) is 19.5. The fraction of sp³-hybridized carbons (Fsp3) is 0. The van der Waals surface area contributed by atoms with E-state index in [1.807, 2.05) is 60.7 Å². The number of hydrogen-bond acceptors (Lipinski definition) is 4. The molecule has 12 aromatic rings. The Hall–Kier alpha value is -7.89. The summed E-state index contributed by atoms with van der Waals surface area (Å²) in [4.78, 5) is 15.3. The van der Waals surface area contributed by atoms with Crippen LogP contribution in [0.4, 0.5) is 0 Å². The Bertz CT molecular complexity index is 3560. The van der Waals surface area contributed by atoms with Crippen molar-refractivity contribution in [2.45, 2.75) is 0 Å². The fourth-order valence-corrected chi connectivity index (χ4v) is 8.67. The quantitative estimate of drug-likeness (QED) is 0.176. The van der Waals surface area contributed by atoms with Gasteiger partial charge in [-0.3, -0.25) is 0 Å². The zero-order valence-corrected chi connectivity index (χ0v) is 31.2. The zero-order valence-electron chi connectivity index (χ0n) is 31.2. The van der Waals surface area contributed by atoms with Gasteiger partial charge in [-0.1, -0.05) is 152 Å². The van der Waals surface area contributed by atoms with Crippen LogP contribution in [0.25, 0.3) is 116 Å². The molecular formula is C53H32N4O. The molecule has 5 nitrogen and oxygen atoms in total. The molecule has 5 heteroatoms. The van der Waals surface area contributed by atoms with Crippen LogP contribution in [0.5, 0.6) is 0 Å². The second-order valence-corrected chi connectivity index (χ2v) is 14.8. The van der Waals surface area contributed by atoms with Crippen LogP contribution in [0.3, 0.4) is 0 Å². The van der Waals surface area contributed by atoms with Gasteiger partial charge in [0.25, 0.3) is 0 Å². The third kappa shape index (κ3) is 5.14. The van der Waals surface area contributed by atoms with Gasteiger partial charge >= 0.3 is 0 Å². The van der Waals surface area contributed by atoms with Gasteiger partial charge in [0.15, 0.2) is 17.5 Å². The Morgan fingerprint density at radius 1 is 0.362 bits per heavy atom. The summed E-state index contributed by atoms with van der Waals surface area (Å²) in [5.41, 5.74) is 10.1. The summed E-state index contributed by atoms with van der Waals surface area (Å²) in [5.74, 6) is 1.82. The van der Waals surface area contributed by atoms with Gasteiger partial charge in [0.05, 0.1) is 11.0 Å². The van der Waals surface area contributed by atoms with Crippen molar-refractivity contribution in [2.75, 3.05) is 0 Å². The average Bonchev–Trinajstić information content (AvgIpc) is 3.84. The fourth-order valence-electron chi connectivity index (χ4n) is 8.67. The predicted octanol–water partition coefficient (Wildman–Crippen LogP) is 13.8. The highest BCUT2D eigenvalue weighted by atomic mass is 16.3. The van der Waals surface area contributed by atoms with E-state index in [1.165, 1.54) is 43.4 Å². The van der Waals surface area contributed by atoms with Crippen LogP contribution in [-0.4, -0.2) is 19.5 Å². The number of hydrogen-bond donors (Lipinski definition) is 0. The molecule has 0 fully saturated rings. The van der Waals surface area contributed by atoms with Gasteiger partial charge in [-0.2, -0.15) is 0 Å². The first kappa shape index (κ1) is 32.4. The average molecular weight is 741 g/mol. The van der Waals surface area contributed by atoms with Crippen LogP contribution in [0.1, 0.15) is 0 Å². The minimum atomic E-state index is 0.599. The van der Waals surface area contributed by atoms with E-state index in [0.29, 0.717) is 17.5 Å². The van der Waals surface area contributed by atoms with Crippen LogP contribution in [0.15, 0.2) is 199 Å². The molecule has 9 aromatic carbocycles. The van der Waals surface area contributed by atoms with Gasteiger partial charge in [0.1, 0.15) is 11.2 Å². The minimum absolute atomic E-state index is 0.599. The second-order valence-electron chi connectivity index (χ2n) is 14.8. The van der Waals surface area contributed by atoms with Crippen molar-refractivity contribution in [3.63, 3.8) is 0 Å². The first-order chi connectivity index (χ1) is 28.7. The third-order valence-electron chi connectivity index (χ3n) is 11.4. The Kier molecular flexibility index (Phi) is 7.16. The number of aromatic nitrogens is 4. The maximum absolute atomic E-state index is 6.25. The molecule has 0 unspecified atom stereocenters. The summed E-state index contributed by atoms with van der Waals surface area (Å²) in [7, 11) is 0. The highest BCUT2D eigenvalue weighted by molar-refractivity contribution is 6.20. The maximum atomic E-state index is 6.25. The van der Waals surface area contributed by atoms with E-state index in [4.69, 9.17) is 19.4 Å². The number of para-hydroxylation sites is 1. The van der Waals surface area contributed by atoms with Crippen LogP contribution in [0.2, 0.25) is 0 Å². The van der Waals surface area contributed by atoms with Crippen LogP contribution >= 0.6 is 0 Å². The number of furan rings is 1. The van der Waals surface area contributed by atoms with E-state index in [9.17, 15) is 0 Å². The molecule has 0 saturated heterocycles. The smallest absolute Gasteiger partial charge is 0.164 e. The van der Waals surface area contributed by atoms with Crippen LogP contribution in [-0.2, 0) is 0 Å². The van der Waals surface area contributed by atoms with Gasteiger partial charge in [0, 0.05) is 49.3 Å². The molecule has 3 heterocycles. The molecule has 0 radical (unpaired) electrons. The van der Waals surface area contributed by atoms with E-state index >= 15 is 0 Å². The molecule has 0 aliphatic heterocycles. The number of fused-ring (bicyclic) bond motifs is 9. The minimum Gasteiger partial charge on any atom is -0.456 e. The summed E-state index contributed by atoms with van der Waals surface area (Å²) in [6.45, 7) is 0. The van der Waals surface area contributed by atoms with Crippen LogP contribution < -0.4 is 0 Å². The SMILES string of the molecule is c1ccc(-c2nc(-c3cccc(-c4ccc(-n5c6cc7ccccc7cc6c6ccc7ccccc7c65)cc4)c3)nc(-c3cccc4oc5ccccc5c34)n2)cc1. The van der Waals surface area contributed by atoms with Crippen molar-refractivity contribution in [3.8, 4) is 51.0 Å². The highest BCUT2D eigenvalue weighted by Crippen LogP contribution is 2.40. The van der Waals surface area contributed by atoms with Gasteiger partial charge in [-0.05, 0) is 69.8 Å². The number of benzene rings is 9. The molecule has 0 saturated carbocycles. The summed E-state index contributed by atoms with van der Waals surface area (Å²) >= 11 is 0. The van der Waals surface area contributed by atoms with Crippen molar-refractivity contribution in [2.24, 2.45) is 0 Å². The summed E-state index contributed by atoms with van der Waals surface area (Å²) < 4.78 is 8.68. The van der Waals surface area contributed by atoms with Gasteiger partial charge in [0.2, 0.25) is 0 Å². The lowest BCUT2D eigenvalue weighted by Gasteiger charge is -2.12. The molecule has 12 rings (SSSR count). The van der Waals surface area contributed by atoms with Crippen molar-refractivity contribution >= 4 is 65.3 Å². The summed E-state index contributed by atoms with van der Waals surface area (Å²) in [6.07, 6.45) is 0. The molecular weight excluding hydrogens is 709 g/mol. The predicted molar refractivity (Wildman–Crippen MR) is 238 cm³/mol. The topological polar surface area (TPSA) is 56.7 Å². The Labute approximate surface area is 333 Å². The van der Waals surface area contributed by atoms with E-state index < -0.39 is 0 Å². The molecule has 0 aliphatic carbocycles. The molecule has 0 spiro atoms. The lowest BCUT2D eigenvalue weighted by molar-refractivity contribution is 0.669. The Balaban J connectivity index is 0.993. The van der Waals surface area contributed by atoms with E-state index in [2.05, 4.69) is 138 Å². The van der Waals surface area contributed by atoms with Crippen molar-refractivity contribution in [1.82, 2.24) is 19.5 Å². The molecule has 3 aromatic heterocycles. The summed E-state index contributed by atoms with van der Waals surface area (Å²) in [6, 6.07) is 68.2. The van der Waals surface area contributed by atoms with Crippen molar-refractivity contribution < 1.29 is 4.42 Å². The lowest BCUT2D eigenvalue weighted by atomic mass is 10.0. The van der Waals surface area contributed by atoms with E-state index in [1.54, 1.807) is 0 Å². The largest absolute Gasteiger partial charge is 0.456 e. The van der Waals surface area contributed by atoms with E-state index in [0.717, 1.165) is 55.4 Å². The monoisotopic (exact) mass is 740 g/mol. The van der Waals surface area contributed by atoms with Gasteiger partial charge in [-0.25, -0.2) is 15.0 Å². The Morgan fingerprint density at radius 2 is 1.00 bits per heavy atom. The molecule has 0 N–H and O–H groups in total. The molecule has 58 heavy (non-hydrogen) atoms. The normalized spacial score (nSPS) is 11.8. The third-order valence-corrected chi connectivity index (χ3v) is 11.4. The summed E-state index contributed by atoms with van der Waals surface area (Å²) in [5, 5.41) is 9.45. The van der Waals surface area contributed by atoms with Crippen LogP contribution in [0, 0.1) is 0 Å². The zero-order chi connectivity index (χ0) is 38.2. The highest BCUT2D eigenvalue weighted by Gasteiger charge is 2.19. The molecule has 0 amide bonds. The van der Waals surface area contributed by atoms with Gasteiger partial charge in [-0.15, -0.1) is 0 Å². The van der Waals surface area contributed by atoms with Crippen molar-refractivity contribution in [3.05, 3.63) is 194 Å². The number of rotatable bonds is 5. The van der Waals surface area contributed by atoms with Crippen molar-refractivity contribution in [1.29, 1.82) is 0 Å². The standard InChI is InChI=1S/C53H32N4O/c1-2-13-35(14-3-1)51-54-52(56-53(55-51)44-21-11-23-48-49(44)43-20-8-9-22-47(43)58-48)39-18-10-17-36(30-39)33-24-27-40(28-25-33)57-46-32-38-16-5-4-15-37(38)31-45(46)42-29-26-34-12-6-7-19-41(34)50(42)57/h1-32H. The number of nitrogens with zero attached hydrogens (tertiary/aromatic N) is 4. The lowest BCUT2D eigenvalue weighted by Crippen LogP contribution is -2.00.